The minimum Gasteiger partial charge on any atom is -0.473 e. The number of furan rings is 2. The zero-order chi connectivity index (χ0) is 58.4. The Hall–Kier alpha value is -10.4. The van der Waals surface area contributed by atoms with Crippen molar-refractivity contribution >= 4 is 28.6 Å². The van der Waals surface area contributed by atoms with Crippen LogP contribution in [0.1, 0.15) is 65.8 Å². The first-order valence-electron chi connectivity index (χ1n) is 25.5. The molecule has 3 aliphatic rings. The first-order chi connectivity index (χ1) is 41.5. The summed E-state index contributed by atoms with van der Waals surface area (Å²) in [5.41, 5.74) is 2.12. The number of pyridine rings is 1. The van der Waals surface area contributed by atoms with Crippen LogP contribution in [0.4, 0.5) is 0 Å². The Morgan fingerprint density at radius 3 is 1.09 bits per heavy atom. The molecule has 3 aliphatic heterocycles. The number of H-pyrrole nitrogens is 5. The van der Waals surface area contributed by atoms with Gasteiger partial charge in [-0.3, -0.25) is 35.7 Å². The number of nitrogens with one attached hydrogen (secondary N) is 7. The van der Waals surface area contributed by atoms with Crippen molar-refractivity contribution in [2.45, 2.75) is 65.8 Å². The van der Waals surface area contributed by atoms with E-state index in [2.05, 4.69) is 99.4 Å². The van der Waals surface area contributed by atoms with Gasteiger partial charge in [0.1, 0.15) is 12.7 Å². The van der Waals surface area contributed by atoms with Gasteiger partial charge in [0.25, 0.3) is 0 Å². The fraction of sp³-hybridized carbons (Fsp3) is 0.221. The first-order valence-corrected chi connectivity index (χ1v) is 26.4. The third-order valence-corrected chi connectivity index (χ3v) is 8.83. The Morgan fingerprint density at radius 2 is 0.890 bits per heavy atom. The lowest BCUT2D eigenvalue weighted by Crippen LogP contribution is -2.05. The van der Waals surface area contributed by atoms with Gasteiger partial charge in [-0.2, -0.15) is 16.4 Å². The van der Waals surface area contributed by atoms with E-state index < -0.39 is 0 Å². The van der Waals surface area contributed by atoms with Crippen molar-refractivity contribution in [3.8, 4) is 0 Å². The van der Waals surface area contributed by atoms with Gasteiger partial charge in [0.15, 0.2) is 0 Å². The molecule has 0 amide bonds. The Balaban J connectivity index is -0.000000166. The second-order valence-electron chi connectivity index (χ2n) is 14.4. The second kappa shape index (κ2) is 83.8. The fourth-order valence-electron chi connectivity index (χ4n) is 4.64. The highest BCUT2D eigenvalue weighted by molar-refractivity contribution is 7.07. The van der Waals surface area contributed by atoms with Crippen LogP contribution in [0.5, 0.6) is 0 Å². The smallest absolute Gasteiger partial charge is 0.115 e. The highest BCUT2D eigenvalue weighted by atomic mass is 32.1. The standard InChI is InChI=1S/C7H6N2.C5H5N.3C4H4N2.3C4H5N.2C4H4O.C4H4S.2C3H4N2.2C3H7NO.8CH4/c1-2-4-7-6(3-1)8-5-9-7;1-2-4-6-5-3-1;1-2-6-4-3-5-1;2*1-2-5-4-6-3-1;6*1-2-4-5-3-1;1-2-5-3-4-1;1-2-4-5-3-1;2*1-2-5-3-4-1;;;;;;;;/h1-5H,(H,8,9);1-5H;3*1-4H;1,3-4H,2H2;2*1-5H;3*1-4H;2*1-3H,(H,4,5);2*4H,1-3H2;8*1H4. The van der Waals surface area contributed by atoms with Crippen molar-refractivity contribution in [2.24, 2.45) is 4.99 Å². The van der Waals surface area contributed by atoms with E-state index in [0.717, 1.165) is 57.2 Å². The number of benzene rings is 1. The molecule has 16 rings (SSSR count). The van der Waals surface area contributed by atoms with Gasteiger partial charge >= 0.3 is 0 Å². The summed E-state index contributed by atoms with van der Waals surface area (Å²) >= 11 is 1.71. The summed E-state index contributed by atoms with van der Waals surface area (Å²) in [6, 6.07) is 38.2. The number of imidazole rings is 2. The number of aromatic amines is 5. The molecule has 496 valence electrons. The molecular formula is C68H104N18O4S. The van der Waals surface area contributed by atoms with Crippen LogP contribution in [0.2, 0.25) is 0 Å². The van der Waals surface area contributed by atoms with Gasteiger partial charge in [-0.15, -0.1) is 0 Å². The van der Waals surface area contributed by atoms with Crippen LogP contribution in [-0.2, 0) is 9.47 Å². The monoisotopic (exact) mass is 1270 g/mol. The van der Waals surface area contributed by atoms with E-state index >= 15 is 0 Å². The molecule has 0 radical (unpaired) electrons. The Bertz CT molecular complexity index is 2320. The second-order valence-corrected chi connectivity index (χ2v) is 15.2. The van der Waals surface area contributed by atoms with Crippen molar-refractivity contribution in [1.29, 1.82) is 0 Å². The van der Waals surface area contributed by atoms with Crippen LogP contribution in [-0.4, -0.2) is 121 Å². The number of para-hydroxylation sites is 2. The fourth-order valence-corrected chi connectivity index (χ4v) is 5.10. The molecule has 22 nitrogen and oxygen atoms in total. The van der Waals surface area contributed by atoms with Gasteiger partial charge in [0, 0.05) is 143 Å². The van der Waals surface area contributed by atoms with Crippen molar-refractivity contribution in [3.05, 3.63) is 306 Å². The number of thiophene rings is 1. The van der Waals surface area contributed by atoms with Gasteiger partial charge in [-0.25, -0.2) is 29.9 Å². The number of hydrogen-bond acceptors (Lipinski definition) is 18. The van der Waals surface area contributed by atoms with Gasteiger partial charge in [-0.05, 0) is 102 Å². The molecule has 0 aliphatic carbocycles. The highest BCUT2D eigenvalue weighted by Crippen LogP contribution is 2.05. The van der Waals surface area contributed by atoms with Crippen LogP contribution >= 0.6 is 11.3 Å². The number of aliphatic imine (C=N–C) groups is 1. The predicted octanol–water partition coefficient (Wildman–Crippen LogP) is 16.4. The van der Waals surface area contributed by atoms with E-state index in [1.807, 2.05) is 157 Å². The number of aromatic nitrogens is 15. The molecular weight excluding hydrogens is 1160 g/mol. The summed E-state index contributed by atoms with van der Waals surface area (Å²) in [4.78, 5) is 48.9. The maximum absolute atomic E-state index is 4.83. The number of fused-ring (bicyclic) bond motifs is 1. The van der Waals surface area contributed by atoms with Gasteiger partial charge in [-0.1, -0.05) is 95.8 Å². The normalized spacial score (nSPS) is 9.80. The number of allylic oxidation sites excluding steroid dienone is 1. The summed E-state index contributed by atoms with van der Waals surface area (Å²) in [5.74, 6) is 0. The van der Waals surface area contributed by atoms with Crippen LogP contribution in [0.25, 0.3) is 11.0 Å². The molecule has 0 atom stereocenters. The maximum Gasteiger partial charge on any atom is 0.115 e. The number of nitrogens with zero attached hydrogens (tertiary/aromatic N) is 11. The van der Waals surface area contributed by atoms with Gasteiger partial charge in [0.2, 0.25) is 0 Å². The van der Waals surface area contributed by atoms with Crippen LogP contribution in [0.3, 0.4) is 0 Å². The largest absolute Gasteiger partial charge is 0.473 e. The number of ether oxygens (including phenoxy) is 2. The Kier molecular flexibility index (Phi) is 86.8. The Labute approximate surface area is 546 Å². The average molecular weight is 1270 g/mol. The molecule has 7 N–H and O–H groups in total. The lowest BCUT2D eigenvalue weighted by molar-refractivity contribution is 0.194. The molecule has 23 heteroatoms. The van der Waals surface area contributed by atoms with Crippen LogP contribution < -0.4 is 10.6 Å². The van der Waals surface area contributed by atoms with E-state index in [9.17, 15) is 0 Å². The van der Waals surface area contributed by atoms with E-state index in [0.29, 0.717) is 0 Å². The van der Waals surface area contributed by atoms with E-state index in [1.165, 1.54) is 12.7 Å². The van der Waals surface area contributed by atoms with Crippen molar-refractivity contribution < 1.29 is 18.3 Å². The highest BCUT2D eigenvalue weighted by Gasteiger charge is 1.93. The van der Waals surface area contributed by atoms with Crippen LogP contribution in [0.15, 0.2) is 320 Å². The lowest BCUT2D eigenvalue weighted by atomic mass is 10.3. The van der Waals surface area contributed by atoms with E-state index in [4.69, 9.17) is 9.47 Å². The van der Waals surface area contributed by atoms with E-state index in [1.54, 1.807) is 154 Å². The minimum atomic E-state index is 0. The molecule has 13 aromatic rings. The zero-order valence-electron chi connectivity index (χ0n) is 45.9. The first kappa shape index (κ1) is 94.2. The maximum atomic E-state index is 4.83. The van der Waals surface area contributed by atoms with Crippen molar-refractivity contribution in [3.63, 3.8) is 0 Å². The van der Waals surface area contributed by atoms with Crippen molar-refractivity contribution in [2.75, 3.05) is 39.8 Å². The zero-order valence-corrected chi connectivity index (χ0v) is 46.7. The minimum absolute atomic E-state index is 0. The summed E-state index contributed by atoms with van der Waals surface area (Å²) in [5, 5.41) is 16.3. The molecule has 1 aromatic carbocycles. The molecule has 2 fully saturated rings. The van der Waals surface area contributed by atoms with Crippen molar-refractivity contribution in [1.82, 2.24) is 85.6 Å². The molecule has 91 heavy (non-hydrogen) atoms. The third-order valence-electron chi connectivity index (χ3n) is 8.20. The number of rotatable bonds is 0. The molecule has 0 unspecified atom stereocenters. The molecule has 0 saturated carbocycles. The van der Waals surface area contributed by atoms with Gasteiger partial charge < -0.3 is 38.2 Å². The summed E-state index contributed by atoms with van der Waals surface area (Å²) in [6.07, 6.45) is 50.8. The van der Waals surface area contributed by atoms with Crippen LogP contribution in [0, 0.1) is 0 Å². The SMILES string of the molecule is C.C.C.C.C.C.C.C.C1=CN=CC1.C1COCN1.C1COCN1.c1c[nH]cn1.c1cc[nH]c1.c1cc[nH]c1.c1ccc2[nH]cnc2c1.c1ccncc1.c1ccoc1.c1ccoc1.c1ccsc1.c1cn[nH]c1.c1cnccn1.c1cncnc1.c1cncnc1. The molecule has 0 bridgehead atoms. The van der Waals surface area contributed by atoms with Gasteiger partial charge in [0.05, 0.1) is 75.4 Å². The molecule has 12 aromatic heterocycles. The molecule has 15 heterocycles. The molecule has 2 saturated heterocycles. The summed E-state index contributed by atoms with van der Waals surface area (Å²) in [6.45, 7) is 5.33. The third kappa shape index (κ3) is 73.8. The molecule has 0 spiro atoms. The quantitative estimate of drug-likeness (QED) is 0.0743. The average Bonchev–Trinajstić information content (AvgIpc) is 2.68. The topological polar surface area (TPSA) is 289 Å². The summed E-state index contributed by atoms with van der Waals surface area (Å²) in [7, 11) is 0. The summed E-state index contributed by atoms with van der Waals surface area (Å²) < 4.78 is 18.8. The number of hydrogen-bond donors (Lipinski definition) is 7. The lowest BCUT2D eigenvalue weighted by Gasteiger charge is -1.81. The Morgan fingerprint density at radius 1 is 0.396 bits per heavy atom. The van der Waals surface area contributed by atoms with E-state index in [-0.39, 0.29) is 59.4 Å². The predicted molar refractivity (Wildman–Crippen MR) is 381 cm³/mol.